The first-order chi connectivity index (χ1) is 13.6. The molecule has 0 radical (unpaired) electrons. The minimum Gasteiger partial charge on any atom is -0.327 e. The van der Waals surface area contributed by atoms with E-state index in [1.54, 1.807) is 30.4 Å². The van der Waals surface area contributed by atoms with E-state index in [4.69, 9.17) is 11.6 Å². The number of hydrogen-bond donors (Lipinski definition) is 1. The summed E-state index contributed by atoms with van der Waals surface area (Å²) < 4.78 is 0. The molecule has 28 heavy (non-hydrogen) atoms. The predicted molar refractivity (Wildman–Crippen MR) is 109 cm³/mol. The van der Waals surface area contributed by atoms with Gasteiger partial charge in [0.25, 0.3) is 5.91 Å². The zero-order chi connectivity index (χ0) is 19.5. The summed E-state index contributed by atoms with van der Waals surface area (Å²) in [6.07, 6.45) is 4.31. The Morgan fingerprint density at radius 1 is 1.11 bits per heavy atom. The van der Waals surface area contributed by atoms with Gasteiger partial charge in [0.2, 0.25) is 0 Å². The minimum absolute atomic E-state index is 0.0614. The highest BCUT2D eigenvalue weighted by Crippen LogP contribution is 2.28. The van der Waals surface area contributed by atoms with Gasteiger partial charge in [-0.3, -0.25) is 4.79 Å². The Labute approximate surface area is 169 Å². The first-order valence-electron chi connectivity index (χ1n) is 9.25. The van der Waals surface area contributed by atoms with E-state index in [-0.39, 0.29) is 5.91 Å². The van der Waals surface area contributed by atoms with Crippen LogP contribution in [0.1, 0.15) is 38.9 Å². The predicted octanol–water partition coefficient (Wildman–Crippen LogP) is 3.64. The lowest BCUT2D eigenvalue weighted by Gasteiger charge is -2.28. The van der Waals surface area contributed by atoms with Crippen LogP contribution in [0.5, 0.6) is 0 Å². The highest BCUT2D eigenvalue weighted by molar-refractivity contribution is 6.30. The number of aromatic nitrogens is 2. The minimum atomic E-state index is -0.399. The number of fused-ring (bicyclic) bond motifs is 1. The molecule has 0 saturated heterocycles. The third-order valence-corrected chi connectivity index (χ3v) is 5.32. The Morgan fingerprint density at radius 2 is 1.86 bits per heavy atom. The number of hydrogen-bond acceptors (Lipinski definition) is 4. The van der Waals surface area contributed by atoms with Gasteiger partial charge in [-0.25, -0.2) is 9.97 Å². The number of amides is 1. The van der Waals surface area contributed by atoms with E-state index in [0.717, 1.165) is 25.1 Å². The number of carbonyl (C=O) groups is 1. The smallest absolute Gasteiger partial charge is 0.254 e. The number of carbonyl (C=O) groups excluding carboxylic acids is 1. The quantitative estimate of drug-likeness (QED) is 0.736. The van der Waals surface area contributed by atoms with E-state index in [2.05, 4.69) is 15.3 Å². The van der Waals surface area contributed by atoms with Crippen molar-refractivity contribution in [3.05, 3.63) is 94.0 Å². The van der Waals surface area contributed by atoms with E-state index < -0.39 is 6.04 Å². The van der Waals surface area contributed by atoms with Gasteiger partial charge in [-0.1, -0.05) is 29.8 Å². The summed E-state index contributed by atoms with van der Waals surface area (Å²) in [6, 6.07) is 14.8. The second-order valence-corrected chi connectivity index (χ2v) is 7.32. The van der Waals surface area contributed by atoms with Crippen molar-refractivity contribution in [1.82, 2.24) is 20.2 Å². The van der Waals surface area contributed by atoms with Gasteiger partial charge in [0.1, 0.15) is 6.04 Å². The van der Waals surface area contributed by atoms with Crippen molar-refractivity contribution in [2.75, 3.05) is 13.6 Å². The van der Waals surface area contributed by atoms with Gasteiger partial charge < -0.3 is 10.2 Å². The number of benzene rings is 2. The third-order valence-electron chi connectivity index (χ3n) is 5.06. The van der Waals surface area contributed by atoms with Crippen molar-refractivity contribution in [3.8, 4) is 0 Å². The van der Waals surface area contributed by atoms with Crippen LogP contribution in [0.4, 0.5) is 0 Å². The zero-order valence-electron chi connectivity index (χ0n) is 15.6. The number of nitrogens with zero attached hydrogens (tertiary/aromatic N) is 3. The summed E-state index contributed by atoms with van der Waals surface area (Å²) in [5, 5.41) is 4.00. The Balaban J connectivity index is 1.69. The molecule has 2 heterocycles. The molecule has 1 aliphatic rings. The molecule has 6 heteroatoms. The second-order valence-electron chi connectivity index (χ2n) is 6.89. The molecule has 0 spiro atoms. The molecule has 1 unspecified atom stereocenters. The molecular weight excluding hydrogens is 372 g/mol. The van der Waals surface area contributed by atoms with Crippen molar-refractivity contribution < 1.29 is 4.79 Å². The molecular formula is C22H21ClN4O. The van der Waals surface area contributed by atoms with Crippen molar-refractivity contribution in [2.45, 2.75) is 19.0 Å². The molecule has 1 atom stereocenters. The van der Waals surface area contributed by atoms with Gasteiger partial charge in [0, 0.05) is 36.6 Å². The fraction of sp³-hybridized carbons (Fsp3) is 0.227. The standard InChI is InChI=1S/C22H21ClN4O/c1-27(22(28)17-3-4-18-14-24-12-9-16(18)13-17)20(21-25-10-2-11-26-21)15-5-7-19(23)8-6-15/h2-8,10-11,13,20,24H,9,12,14H2,1H3. The summed E-state index contributed by atoms with van der Waals surface area (Å²) in [6.45, 7) is 1.79. The van der Waals surface area contributed by atoms with Gasteiger partial charge in [0.05, 0.1) is 0 Å². The van der Waals surface area contributed by atoms with Gasteiger partial charge in [-0.05, 0) is 60.0 Å². The maximum atomic E-state index is 13.3. The van der Waals surface area contributed by atoms with Gasteiger partial charge in [-0.2, -0.15) is 0 Å². The maximum Gasteiger partial charge on any atom is 0.254 e. The first-order valence-corrected chi connectivity index (χ1v) is 9.63. The van der Waals surface area contributed by atoms with Crippen molar-refractivity contribution in [3.63, 3.8) is 0 Å². The molecule has 0 aliphatic carbocycles. The molecule has 2 aromatic carbocycles. The highest BCUT2D eigenvalue weighted by atomic mass is 35.5. The molecule has 142 valence electrons. The fourth-order valence-electron chi connectivity index (χ4n) is 3.57. The Bertz CT molecular complexity index is 976. The van der Waals surface area contributed by atoms with Gasteiger partial charge >= 0.3 is 0 Å². The van der Waals surface area contributed by atoms with Gasteiger partial charge in [-0.15, -0.1) is 0 Å². The van der Waals surface area contributed by atoms with Crippen LogP contribution in [0.3, 0.4) is 0 Å². The van der Waals surface area contributed by atoms with Crippen LogP contribution in [0.25, 0.3) is 0 Å². The summed E-state index contributed by atoms with van der Waals surface area (Å²) in [5.74, 6) is 0.511. The van der Waals surface area contributed by atoms with Crippen LogP contribution >= 0.6 is 11.6 Å². The summed E-state index contributed by atoms with van der Waals surface area (Å²) in [4.78, 5) is 23.8. The molecule has 3 aromatic rings. The normalized spacial score (nSPS) is 14.2. The van der Waals surface area contributed by atoms with E-state index in [1.807, 2.05) is 42.5 Å². The monoisotopic (exact) mass is 392 g/mol. The lowest BCUT2D eigenvalue weighted by atomic mass is 9.97. The van der Waals surface area contributed by atoms with Crippen LogP contribution in [-0.4, -0.2) is 34.4 Å². The van der Waals surface area contributed by atoms with Gasteiger partial charge in [0.15, 0.2) is 5.82 Å². The molecule has 4 rings (SSSR count). The molecule has 0 bridgehead atoms. The summed E-state index contributed by atoms with van der Waals surface area (Å²) in [7, 11) is 1.79. The first kappa shape index (κ1) is 18.6. The maximum absolute atomic E-state index is 13.3. The van der Waals surface area contributed by atoms with Crippen LogP contribution in [0, 0.1) is 0 Å². The fourth-order valence-corrected chi connectivity index (χ4v) is 3.70. The SMILES string of the molecule is CN(C(=O)c1ccc2c(c1)CCNC2)C(c1ccc(Cl)cc1)c1ncccn1. The van der Waals surface area contributed by atoms with Crippen LogP contribution in [0.15, 0.2) is 60.9 Å². The summed E-state index contributed by atoms with van der Waals surface area (Å²) in [5.41, 5.74) is 4.08. The third kappa shape index (κ3) is 3.77. The Morgan fingerprint density at radius 3 is 2.61 bits per heavy atom. The number of nitrogens with one attached hydrogen (secondary N) is 1. The Kier molecular flexibility index (Phi) is 5.37. The topological polar surface area (TPSA) is 58.1 Å². The largest absolute Gasteiger partial charge is 0.327 e. The second kappa shape index (κ2) is 8.09. The van der Waals surface area contributed by atoms with Crippen LogP contribution in [-0.2, 0) is 13.0 Å². The molecule has 1 amide bonds. The molecule has 0 fully saturated rings. The van der Waals surface area contributed by atoms with E-state index in [0.29, 0.717) is 16.4 Å². The number of halogens is 1. The zero-order valence-corrected chi connectivity index (χ0v) is 16.4. The molecule has 5 nitrogen and oxygen atoms in total. The summed E-state index contributed by atoms with van der Waals surface area (Å²) >= 11 is 6.05. The lowest BCUT2D eigenvalue weighted by Crippen LogP contribution is -2.33. The lowest BCUT2D eigenvalue weighted by molar-refractivity contribution is 0.0749. The average molecular weight is 393 g/mol. The van der Waals surface area contributed by atoms with Crippen molar-refractivity contribution in [1.29, 1.82) is 0 Å². The van der Waals surface area contributed by atoms with E-state index >= 15 is 0 Å². The Hall–Kier alpha value is -2.76. The molecule has 0 saturated carbocycles. The molecule has 1 aliphatic heterocycles. The number of rotatable bonds is 4. The van der Waals surface area contributed by atoms with Crippen molar-refractivity contribution in [2.24, 2.45) is 0 Å². The van der Waals surface area contributed by atoms with E-state index in [9.17, 15) is 4.79 Å². The van der Waals surface area contributed by atoms with Crippen LogP contribution in [0.2, 0.25) is 5.02 Å². The van der Waals surface area contributed by atoms with Crippen molar-refractivity contribution >= 4 is 17.5 Å². The van der Waals surface area contributed by atoms with E-state index in [1.165, 1.54) is 11.1 Å². The highest BCUT2D eigenvalue weighted by Gasteiger charge is 2.27. The molecule has 1 aromatic heterocycles. The van der Waals surface area contributed by atoms with Crippen LogP contribution < -0.4 is 5.32 Å². The molecule has 1 N–H and O–H groups in total. The average Bonchev–Trinajstić information content (AvgIpc) is 2.75.